The molecule has 0 spiro atoms. The van der Waals surface area contributed by atoms with Crippen LogP contribution in [-0.4, -0.2) is 33.8 Å². The number of hydrogen-bond donors (Lipinski definition) is 2. The summed E-state index contributed by atoms with van der Waals surface area (Å²) in [4.78, 5) is 4.51. The number of nitrogens with one attached hydrogen (secondary N) is 2. The third kappa shape index (κ3) is 7.71. The molecule has 0 aliphatic carbocycles. The van der Waals surface area contributed by atoms with E-state index >= 15 is 0 Å². The van der Waals surface area contributed by atoms with E-state index in [0.717, 1.165) is 44.0 Å². The number of guanidine groups is 1. The van der Waals surface area contributed by atoms with Crippen LogP contribution in [-0.2, 0) is 13.1 Å². The summed E-state index contributed by atoms with van der Waals surface area (Å²) in [7, 11) is 0. The van der Waals surface area contributed by atoms with Crippen LogP contribution in [0.3, 0.4) is 0 Å². The molecule has 0 radical (unpaired) electrons. The van der Waals surface area contributed by atoms with E-state index in [0.29, 0.717) is 6.54 Å². The minimum absolute atomic E-state index is 0. The van der Waals surface area contributed by atoms with Gasteiger partial charge in [-0.3, -0.25) is 0 Å². The largest absolute Gasteiger partial charge is 0.357 e. The van der Waals surface area contributed by atoms with Crippen molar-refractivity contribution in [1.82, 2.24) is 25.4 Å². The molecule has 0 atom stereocenters. The predicted octanol–water partition coefficient (Wildman–Crippen LogP) is 2.57. The predicted molar refractivity (Wildman–Crippen MR) is 104 cm³/mol. The average Bonchev–Trinajstić information content (AvgIpc) is 3.07. The highest BCUT2D eigenvalue weighted by Crippen LogP contribution is 2.03. The van der Waals surface area contributed by atoms with Crippen molar-refractivity contribution in [3.05, 3.63) is 48.3 Å². The van der Waals surface area contributed by atoms with Crippen LogP contribution in [0.4, 0.5) is 4.39 Å². The maximum absolute atomic E-state index is 12.9. The second-order valence-corrected chi connectivity index (χ2v) is 5.16. The maximum atomic E-state index is 12.9. The topological polar surface area (TPSA) is 67.1 Å². The van der Waals surface area contributed by atoms with Crippen LogP contribution in [0.2, 0.25) is 0 Å². The molecule has 24 heavy (non-hydrogen) atoms. The number of hydrogen-bond acceptors (Lipinski definition) is 3. The first-order chi connectivity index (χ1) is 11.3. The molecule has 0 fully saturated rings. The molecule has 0 aliphatic heterocycles. The highest BCUT2D eigenvalue weighted by molar-refractivity contribution is 14.0. The molecule has 6 nitrogen and oxygen atoms in total. The number of nitrogens with zero attached hydrogens (tertiary/aromatic N) is 4. The Labute approximate surface area is 159 Å². The summed E-state index contributed by atoms with van der Waals surface area (Å²) in [5.74, 6) is 0.553. The lowest BCUT2D eigenvalue weighted by atomic mass is 10.2. The molecular formula is C16H24FIN6. The molecular weight excluding hydrogens is 422 g/mol. The standard InChI is InChI=1S/C16H23FN6.HI/c1-2-18-16(20-11-14-5-7-15(17)8-6-14)19-9-3-4-10-23-12-21-22-13-23;/h5-8,12-13H,2-4,9-11H2,1H3,(H2,18,19,20);1H. The van der Waals surface area contributed by atoms with Crippen LogP contribution >= 0.6 is 24.0 Å². The molecule has 0 amide bonds. The van der Waals surface area contributed by atoms with Crippen molar-refractivity contribution in [3.63, 3.8) is 0 Å². The van der Waals surface area contributed by atoms with E-state index in [-0.39, 0.29) is 29.8 Å². The number of rotatable bonds is 8. The summed E-state index contributed by atoms with van der Waals surface area (Å²) in [5, 5.41) is 14.1. The normalized spacial score (nSPS) is 11.0. The van der Waals surface area contributed by atoms with Gasteiger partial charge >= 0.3 is 0 Å². The summed E-state index contributed by atoms with van der Waals surface area (Å²) < 4.78 is 14.8. The van der Waals surface area contributed by atoms with E-state index in [1.807, 2.05) is 11.5 Å². The van der Waals surface area contributed by atoms with Crippen molar-refractivity contribution < 1.29 is 4.39 Å². The molecule has 0 saturated carbocycles. The van der Waals surface area contributed by atoms with Gasteiger partial charge in [-0.1, -0.05) is 12.1 Å². The van der Waals surface area contributed by atoms with E-state index < -0.39 is 0 Å². The van der Waals surface area contributed by atoms with Gasteiger partial charge in [-0.25, -0.2) is 9.38 Å². The van der Waals surface area contributed by atoms with Gasteiger partial charge in [0.05, 0.1) is 6.54 Å². The first-order valence-corrected chi connectivity index (χ1v) is 7.87. The second-order valence-electron chi connectivity index (χ2n) is 5.16. The van der Waals surface area contributed by atoms with Crippen molar-refractivity contribution in [2.45, 2.75) is 32.9 Å². The van der Waals surface area contributed by atoms with E-state index in [1.165, 1.54) is 12.1 Å². The zero-order valence-corrected chi connectivity index (χ0v) is 16.1. The second kappa shape index (κ2) is 11.8. The highest BCUT2D eigenvalue weighted by atomic mass is 127. The van der Waals surface area contributed by atoms with E-state index in [4.69, 9.17) is 0 Å². The lowest BCUT2D eigenvalue weighted by molar-refractivity contribution is 0.597. The van der Waals surface area contributed by atoms with Gasteiger partial charge < -0.3 is 15.2 Å². The molecule has 8 heteroatoms. The Kier molecular flexibility index (Phi) is 9.97. The SMILES string of the molecule is CCNC(=NCc1ccc(F)cc1)NCCCCn1cnnc1.I. The van der Waals surface area contributed by atoms with Crippen LogP contribution in [0.5, 0.6) is 0 Å². The zero-order chi connectivity index (χ0) is 16.3. The first-order valence-electron chi connectivity index (χ1n) is 7.87. The Morgan fingerprint density at radius 2 is 1.83 bits per heavy atom. The number of unbranched alkanes of at least 4 members (excludes halogenated alkanes) is 1. The Morgan fingerprint density at radius 3 is 2.50 bits per heavy atom. The summed E-state index contributed by atoms with van der Waals surface area (Å²) in [6.45, 7) is 5.11. The van der Waals surface area contributed by atoms with Gasteiger partial charge in [0.15, 0.2) is 5.96 Å². The summed E-state index contributed by atoms with van der Waals surface area (Å²) in [6, 6.07) is 6.41. The van der Waals surface area contributed by atoms with Crippen molar-refractivity contribution in [3.8, 4) is 0 Å². The van der Waals surface area contributed by atoms with Crippen molar-refractivity contribution in [2.75, 3.05) is 13.1 Å². The van der Waals surface area contributed by atoms with E-state index in [1.54, 1.807) is 24.8 Å². The van der Waals surface area contributed by atoms with Crippen LogP contribution in [0.25, 0.3) is 0 Å². The molecule has 0 unspecified atom stereocenters. The highest BCUT2D eigenvalue weighted by Gasteiger charge is 1.98. The Bertz CT molecular complexity index is 585. The van der Waals surface area contributed by atoms with E-state index in [9.17, 15) is 4.39 Å². The monoisotopic (exact) mass is 446 g/mol. The number of aryl methyl sites for hydroxylation is 1. The molecule has 0 aliphatic rings. The van der Waals surface area contributed by atoms with Crippen LogP contribution in [0, 0.1) is 5.82 Å². The molecule has 2 N–H and O–H groups in total. The van der Waals surface area contributed by atoms with Gasteiger partial charge in [-0.15, -0.1) is 34.2 Å². The molecule has 2 rings (SSSR count). The molecule has 0 saturated heterocycles. The number of halogens is 2. The Hall–Kier alpha value is -1.71. The van der Waals surface area contributed by atoms with Gasteiger partial charge in [0.1, 0.15) is 18.5 Å². The number of aliphatic imine (C=N–C) groups is 1. The molecule has 1 heterocycles. The van der Waals surface area contributed by atoms with Crippen LogP contribution in [0.1, 0.15) is 25.3 Å². The summed E-state index contributed by atoms with van der Waals surface area (Å²) in [5.41, 5.74) is 0.983. The van der Waals surface area contributed by atoms with Gasteiger partial charge in [0.25, 0.3) is 0 Å². The molecule has 1 aromatic carbocycles. The summed E-state index contributed by atoms with van der Waals surface area (Å²) in [6.07, 6.45) is 5.52. The smallest absolute Gasteiger partial charge is 0.191 e. The molecule has 1 aromatic heterocycles. The fourth-order valence-corrected chi connectivity index (χ4v) is 2.07. The quantitative estimate of drug-likeness (QED) is 0.283. The minimum atomic E-state index is -0.226. The van der Waals surface area contributed by atoms with Crippen LogP contribution in [0.15, 0.2) is 41.9 Å². The zero-order valence-electron chi connectivity index (χ0n) is 13.8. The van der Waals surface area contributed by atoms with Crippen molar-refractivity contribution in [2.24, 2.45) is 4.99 Å². The first kappa shape index (κ1) is 20.3. The lowest BCUT2D eigenvalue weighted by Crippen LogP contribution is -2.37. The average molecular weight is 446 g/mol. The third-order valence-corrected chi connectivity index (χ3v) is 3.28. The number of benzene rings is 1. The maximum Gasteiger partial charge on any atom is 0.191 e. The molecule has 0 bridgehead atoms. The van der Waals surface area contributed by atoms with Gasteiger partial charge in [0, 0.05) is 19.6 Å². The van der Waals surface area contributed by atoms with Crippen LogP contribution < -0.4 is 10.6 Å². The van der Waals surface area contributed by atoms with Gasteiger partial charge in [-0.2, -0.15) is 0 Å². The fraction of sp³-hybridized carbons (Fsp3) is 0.438. The van der Waals surface area contributed by atoms with Crippen molar-refractivity contribution >= 4 is 29.9 Å². The fourth-order valence-electron chi connectivity index (χ4n) is 2.07. The molecule has 132 valence electrons. The summed E-state index contributed by atoms with van der Waals surface area (Å²) >= 11 is 0. The van der Waals surface area contributed by atoms with Gasteiger partial charge in [-0.05, 0) is 37.5 Å². The third-order valence-electron chi connectivity index (χ3n) is 3.28. The van der Waals surface area contributed by atoms with Crippen molar-refractivity contribution in [1.29, 1.82) is 0 Å². The van der Waals surface area contributed by atoms with E-state index in [2.05, 4.69) is 25.8 Å². The Morgan fingerprint density at radius 1 is 1.12 bits per heavy atom. The Balaban J connectivity index is 0.00000288. The number of aromatic nitrogens is 3. The minimum Gasteiger partial charge on any atom is -0.357 e. The molecule has 2 aromatic rings. The lowest BCUT2D eigenvalue weighted by Gasteiger charge is -2.11. The van der Waals surface area contributed by atoms with Gasteiger partial charge in [0.2, 0.25) is 0 Å².